The van der Waals surface area contributed by atoms with Gasteiger partial charge in [0, 0.05) is 55.0 Å². The molecule has 0 aliphatic rings. The van der Waals surface area contributed by atoms with Gasteiger partial charge >= 0.3 is 0 Å². The number of aromatic nitrogens is 5. The van der Waals surface area contributed by atoms with Crippen LogP contribution in [0.4, 0.5) is 0 Å². The molecule has 6 nitrogen and oxygen atoms in total. The molecule has 12 rings (SSSR count). The van der Waals surface area contributed by atoms with E-state index in [1.165, 1.54) is 10.8 Å². The second-order valence-corrected chi connectivity index (χ2v) is 14.4. The first kappa shape index (κ1) is 31.5. The largest absolute Gasteiger partial charge is 0.455 e. The summed E-state index contributed by atoms with van der Waals surface area (Å²) in [5, 5.41) is 6.89. The van der Waals surface area contributed by atoms with Crippen LogP contribution in [-0.4, -0.2) is 24.1 Å². The van der Waals surface area contributed by atoms with E-state index in [1.54, 1.807) is 0 Å². The molecular formula is C51H31N5O. The summed E-state index contributed by atoms with van der Waals surface area (Å²) in [7, 11) is 0. The van der Waals surface area contributed by atoms with Crippen LogP contribution in [0.2, 0.25) is 0 Å². The zero-order chi connectivity index (χ0) is 37.5. The number of para-hydroxylation sites is 3. The van der Waals surface area contributed by atoms with E-state index in [4.69, 9.17) is 19.4 Å². The Bertz CT molecular complexity index is 3430. The first-order valence-corrected chi connectivity index (χ1v) is 19.1. The molecule has 0 bridgehead atoms. The number of hydrogen-bond acceptors (Lipinski definition) is 4. The molecule has 6 heteroatoms. The highest BCUT2D eigenvalue weighted by Crippen LogP contribution is 2.45. The Morgan fingerprint density at radius 1 is 0.333 bits per heavy atom. The Balaban J connectivity index is 1.09. The standard InChI is InChI=1S/C51H31N5O/c1-4-14-32(15-5-1)49-52-50(33-16-6-2-7-17-33)54-51(53-49)34-24-26-36(27-25-34)55-41-22-12-10-21-39(41)45-42(55)31-29-40-46-43(56(47(40)45)35-18-8-3-9-19-35)30-28-38-37-20-11-13-23-44(37)57-48(38)46/h1-31H. The molecule has 0 N–H and O–H groups in total. The van der Waals surface area contributed by atoms with Gasteiger partial charge in [0.25, 0.3) is 0 Å². The normalized spacial score (nSPS) is 11.9. The Morgan fingerprint density at radius 3 is 1.51 bits per heavy atom. The van der Waals surface area contributed by atoms with Gasteiger partial charge in [-0.2, -0.15) is 0 Å². The predicted octanol–water partition coefficient (Wildman–Crippen LogP) is 13.0. The summed E-state index contributed by atoms with van der Waals surface area (Å²) < 4.78 is 11.5. The van der Waals surface area contributed by atoms with Crippen LogP contribution in [0.3, 0.4) is 0 Å². The molecule has 4 heterocycles. The molecule has 0 aliphatic heterocycles. The second kappa shape index (κ2) is 12.3. The van der Waals surface area contributed by atoms with E-state index < -0.39 is 0 Å². The van der Waals surface area contributed by atoms with Gasteiger partial charge in [-0.3, -0.25) is 0 Å². The lowest BCUT2D eigenvalue weighted by atomic mass is 10.1. The molecule has 4 aromatic heterocycles. The summed E-state index contributed by atoms with van der Waals surface area (Å²) in [5.41, 5.74) is 11.3. The van der Waals surface area contributed by atoms with Gasteiger partial charge < -0.3 is 13.6 Å². The summed E-state index contributed by atoms with van der Waals surface area (Å²) in [6.45, 7) is 0. The van der Waals surface area contributed by atoms with Crippen molar-refractivity contribution in [2.75, 3.05) is 0 Å². The summed E-state index contributed by atoms with van der Waals surface area (Å²) in [4.78, 5) is 14.9. The SMILES string of the molecule is c1ccc(-c2nc(-c3ccccc3)nc(-c3ccc(-n4c5ccccc5c5c4ccc4c6c7oc8ccccc8c7ccc6n(-c6ccccc6)c45)cc3)n2)cc1. The lowest BCUT2D eigenvalue weighted by Gasteiger charge is -2.11. The number of furan rings is 1. The van der Waals surface area contributed by atoms with Gasteiger partial charge in [-0.1, -0.05) is 115 Å². The van der Waals surface area contributed by atoms with Gasteiger partial charge in [-0.25, -0.2) is 15.0 Å². The van der Waals surface area contributed by atoms with Crippen LogP contribution < -0.4 is 0 Å². The third-order valence-corrected chi connectivity index (χ3v) is 11.2. The van der Waals surface area contributed by atoms with Gasteiger partial charge in [0.15, 0.2) is 17.5 Å². The highest BCUT2D eigenvalue weighted by Gasteiger charge is 2.24. The number of fused-ring (bicyclic) bond motifs is 11. The van der Waals surface area contributed by atoms with Crippen molar-refractivity contribution in [3.05, 3.63) is 188 Å². The highest BCUT2D eigenvalue weighted by molar-refractivity contribution is 6.31. The number of benzene rings is 8. The first-order chi connectivity index (χ1) is 28.3. The fourth-order valence-corrected chi connectivity index (χ4v) is 8.64. The molecule has 0 aliphatic carbocycles. The van der Waals surface area contributed by atoms with E-state index >= 15 is 0 Å². The minimum atomic E-state index is 0.627. The summed E-state index contributed by atoms with van der Waals surface area (Å²) in [6, 6.07) is 65.4. The molecule has 0 saturated heterocycles. The Hall–Kier alpha value is -7.83. The molecule has 0 radical (unpaired) electrons. The van der Waals surface area contributed by atoms with Crippen molar-refractivity contribution in [1.82, 2.24) is 24.1 Å². The molecule has 8 aromatic carbocycles. The maximum atomic E-state index is 6.68. The Kier molecular flexibility index (Phi) is 6.83. The van der Waals surface area contributed by atoms with Crippen LogP contribution in [-0.2, 0) is 0 Å². The monoisotopic (exact) mass is 729 g/mol. The Morgan fingerprint density at radius 2 is 0.842 bits per heavy atom. The lowest BCUT2D eigenvalue weighted by Crippen LogP contribution is -2.00. The van der Waals surface area contributed by atoms with Crippen molar-refractivity contribution in [2.45, 2.75) is 0 Å². The predicted molar refractivity (Wildman–Crippen MR) is 232 cm³/mol. The lowest BCUT2D eigenvalue weighted by molar-refractivity contribution is 0.673. The van der Waals surface area contributed by atoms with Crippen molar-refractivity contribution >= 4 is 65.6 Å². The van der Waals surface area contributed by atoms with E-state index in [9.17, 15) is 0 Å². The third-order valence-electron chi connectivity index (χ3n) is 11.2. The number of hydrogen-bond donors (Lipinski definition) is 0. The minimum absolute atomic E-state index is 0.627. The van der Waals surface area contributed by atoms with Crippen molar-refractivity contribution in [2.24, 2.45) is 0 Å². The second-order valence-electron chi connectivity index (χ2n) is 14.4. The summed E-state index contributed by atoms with van der Waals surface area (Å²) in [6.07, 6.45) is 0. The van der Waals surface area contributed by atoms with Crippen LogP contribution in [0.5, 0.6) is 0 Å². The zero-order valence-electron chi connectivity index (χ0n) is 30.5. The van der Waals surface area contributed by atoms with E-state index in [0.29, 0.717) is 17.5 Å². The van der Waals surface area contributed by atoms with Crippen LogP contribution >= 0.6 is 0 Å². The van der Waals surface area contributed by atoms with Crippen molar-refractivity contribution in [3.8, 4) is 45.5 Å². The topological polar surface area (TPSA) is 61.7 Å². The van der Waals surface area contributed by atoms with Crippen LogP contribution in [0, 0.1) is 0 Å². The van der Waals surface area contributed by atoms with Gasteiger partial charge in [0.1, 0.15) is 11.2 Å². The zero-order valence-corrected chi connectivity index (χ0v) is 30.5. The molecule has 0 fully saturated rings. The average Bonchev–Trinajstić information content (AvgIpc) is 3.95. The maximum absolute atomic E-state index is 6.68. The van der Waals surface area contributed by atoms with E-state index in [-0.39, 0.29) is 0 Å². The molecular weight excluding hydrogens is 699 g/mol. The quantitative estimate of drug-likeness (QED) is 0.177. The van der Waals surface area contributed by atoms with E-state index in [1.807, 2.05) is 66.7 Å². The van der Waals surface area contributed by atoms with Gasteiger partial charge in [0.05, 0.1) is 27.5 Å². The smallest absolute Gasteiger partial charge is 0.164 e. The third kappa shape index (κ3) is 4.81. The molecule has 57 heavy (non-hydrogen) atoms. The van der Waals surface area contributed by atoms with Gasteiger partial charge in [0.2, 0.25) is 0 Å². The average molecular weight is 730 g/mol. The van der Waals surface area contributed by atoms with Crippen molar-refractivity contribution in [1.29, 1.82) is 0 Å². The van der Waals surface area contributed by atoms with Crippen LogP contribution in [0.25, 0.3) is 111 Å². The summed E-state index contributed by atoms with van der Waals surface area (Å²) in [5.74, 6) is 1.91. The molecule has 0 saturated carbocycles. The minimum Gasteiger partial charge on any atom is -0.455 e. The fraction of sp³-hybridized carbons (Fsp3) is 0. The Labute approximate surface area is 326 Å². The molecule has 12 aromatic rings. The molecule has 0 amide bonds. The molecule has 266 valence electrons. The first-order valence-electron chi connectivity index (χ1n) is 19.1. The highest BCUT2D eigenvalue weighted by atomic mass is 16.3. The molecule has 0 atom stereocenters. The van der Waals surface area contributed by atoms with Crippen LogP contribution in [0.15, 0.2) is 192 Å². The van der Waals surface area contributed by atoms with E-state index in [0.717, 1.165) is 82.8 Å². The number of nitrogens with zero attached hydrogens (tertiary/aromatic N) is 5. The maximum Gasteiger partial charge on any atom is 0.164 e. The van der Waals surface area contributed by atoms with E-state index in [2.05, 4.69) is 130 Å². The molecule has 0 unspecified atom stereocenters. The van der Waals surface area contributed by atoms with Gasteiger partial charge in [-0.05, 0) is 72.8 Å². The van der Waals surface area contributed by atoms with Crippen molar-refractivity contribution < 1.29 is 4.42 Å². The number of rotatable bonds is 5. The van der Waals surface area contributed by atoms with Crippen molar-refractivity contribution in [3.63, 3.8) is 0 Å². The summed E-state index contributed by atoms with van der Waals surface area (Å²) >= 11 is 0. The molecule has 0 spiro atoms. The van der Waals surface area contributed by atoms with Gasteiger partial charge in [-0.15, -0.1) is 0 Å². The fourth-order valence-electron chi connectivity index (χ4n) is 8.64. The van der Waals surface area contributed by atoms with Crippen LogP contribution in [0.1, 0.15) is 0 Å².